The summed E-state index contributed by atoms with van der Waals surface area (Å²) in [5.41, 5.74) is -0.448. The minimum Gasteiger partial charge on any atom is -0.444 e. The number of hydrogen-bond donors (Lipinski definition) is 2. The van der Waals surface area contributed by atoms with Crippen LogP contribution in [0.5, 0.6) is 0 Å². The molecule has 0 saturated carbocycles. The van der Waals surface area contributed by atoms with Gasteiger partial charge in [-0.15, -0.1) is 0 Å². The van der Waals surface area contributed by atoms with E-state index in [9.17, 15) is 4.79 Å². The van der Waals surface area contributed by atoms with E-state index >= 15 is 0 Å². The second kappa shape index (κ2) is 6.78. The molecule has 0 unspecified atom stereocenters. The van der Waals surface area contributed by atoms with Crippen LogP contribution < -0.4 is 10.6 Å². The maximum atomic E-state index is 11.8. The number of allylic oxidation sites excluding steroid dienone is 1. The van der Waals surface area contributed by atoms with Crippen molar-refractivity contribution in [2.45, 2.75) is 64.1 Å². The van der Waals surface area contributed by atoms with Crippen molar-refractivity contribution in [1.29, 1.82) is 0 Å². The standard InChI is InChI=1S/C14H26N2O2/c1-14(2,3)18-13(17)16-12-10-8-6-5-7-9-11(12)15-4/h6,8,11-12,15H,5,7,9-10H2,1-4H3,(H,16,17)/b8-6+/t11-,12+/m1/s1. The summed E-state index contributed by atoms with van der Waals surface area (Å²) in [6, 6.07) is 0.406. The Labute approximate surface area is 110 Å². The predicted molar refractivity (Wildman–Crippen MR) is 73.6 cm³/mol. The number of amides is 1. The Morgan fingerprint density at radius 3 is 2.61 bits per heavy atom. The first-order valence-corrected chi connectivity index (χ1v) is 6.74. The van der Waals surface area contributed by atoms with Gasteiger partial charge in [0.15, 0.2) is 0 Å². The van der Waals surface area contributed by atoms with Gasteiger partial charge in [0.05, 0.1) is 6.04 Å². The molecular weight excluding hydrogens is 228 g/mol. The maximum absolute atomic E-state index is 11.8. The van der Waals surface area contributed by atoms with E-state index < -0.39 is 5.60 Å². The molecule has 0 bridgehead atoms. The molecule has 0 aromatic heterocycles. The van der Waals surface area contributed by atoms with Crippen molar-refractivity contribution < 1.29 is 9.53 Å². The Kier molecular flexibility index (Phi) is 5.66. The molecule has 1 aliphatic rings. The number of ether oxygens (including phenoxy) is 1. The SMILES string of the molecule is CN[C@@H]1CCC/C=C/C[C@@H]1NC(=O)OC(C)(C)C. The van der Waals surface area contributed by atoms with Crippen LogP contribution in [-0.2, 0) is 4.74 Å². The molecule has 4 heteroatoms. The summed E-state index contributed by atoms with van der Waals surface area (Å²) in [7, 11) is 1.94. The summed E-state index contributed by atoms with van der Waals surface area (Å²) >= 11 is 0. The van der Waals surface area contributed by atoms with Crippen LogP contribution in [-0.4, -0.2) is 30.8 Å². The molecule has 0 radical (unpaired) electrons. The van der Waals surface area contributed by atoms with Crippen LogP contribution in [0.2, 0.25) is 0 Å². The quantitative estimate of drug-likeness (QED) is 0.745. The van der Waals surface area contributed by atoms with E-state index in [1.807, 2.05) is 27.8 Å². The molecule has 18 heavy (non-hydrogen) atoms. The van der Waals surface area contributed by atoms with Crippen molar-refractivity contribution in [2.24, 2.45) is 0 Å². The molecule has 0 saturated heterocycles. The number of nitrogens with one attached hydrogen (secondary N) is 2. The summed E-state index contributed by atoms with van der Waals surface area (Å²) < 4.78 is 5.30. The first-order valence-electron chi connectivity index (χ1n) is 6.74. The van der Waals surface area contributed by atoms with Gasteiger partial charge in [0, 0.05) is 6.04 Å². The third kappa shape index (κ3) is 5.54. The average molecular weight is 254 g/mol. The second-order valence-electron chi connectivity index (χ2n) is 5.79. The normalized spacial score (nSPS) is 26.9. The van der Waals surface area contributed by atoms with Crippen molar-refractivity contribution in [2.75, 3.05) is 7.05 Å². The van der Waals surface area contributed by atoms with Gasteiger partial charge in [-0.2, -0.15) is 0 Å². The zero-order chi connectivity index (χ0) is 13.6. The summed E-state index contributed by atoms with van der Waals surface area (Å²) in [5.74, 6) is 0. The lowest BCUT2D eigenvalue weighted by molar-refractivity contribution is 0.0492. The third-order valence-electron chi connectivity index (χ3n) is 3.00. The molecule has 2 N–H and O–H groups in total. The maximum Gasteiger partial charge on any atom is 0.407 e. The number of likely N-dealkylation sites (N-methyl/N-ethyl adjacent to an activating group) is 1. The zero-order valence-corrected chi connectivity index (χ0v) is 12.0. The van der Waals surface area contributed by atoms with Gasteiger partial charge in [0.1, 0.15) is 5.60 Å². The van der Waals surface area contributed by atoms with Crippen LogP contribution in [0.25, 0.3) is 0 Å². The van der Waals surface area contributed by atoms with Gasteiger partial charge in [-0.05, 0) is 53.5 Å². The van der Waals surface area contributed by atoms with Crippen LogP contribution in [0.3, 0.4) is 0 Å². The first kappa shape index (κ1) is 15.0. The topological polar surface area (TPSA) is 50.4 Å². The van der Waals surface area contributed by atoms with Crippen LogP contribution in [0.15, 0.2) is 12.2 Å². The van der Waals surface area contributed by atoms with Gasteiger partial charge in [-0.1, -0.05) is 12.2 Å². The van der Waals surface area contributed by atoms with E-state index in [1.165, 1.54) is 0 Å². The summed E-state index contributed by atoms with van der Waals surface area (Å²) in [6.45, 7) is 5.63. The van der Waals surface area contributed by atoms with Crippen molar-refractivity contribution in [3.05, 3.63) is 12.2 Å². The molecule has 1 aliphatic carbocycles. The molecule has 4 nitrogen and oxygen atoms in total. The fourth-order valence-electron chi connectivity index (χ4n) is 2.15. The number of alkyl carbamates (subject to hydrolysis) is 1. The lowest BCUT2D eigenvalue weighted by Gasteiger charge is -2.29. The minimum absolute atomic E-state index is 0.0985. The van der Waals surface area contributed by atoms with Gasteiger partial charge >= 0.3 is 6.09 Å². The molecule has 0 fully saturated rings. The molecule has 0 heterocycles. The van der Waals surface area contributed by atoms with Crippen molar-refractivity contribution in [3.63, 3.8) is 0 Å². The summed E-state index contributed by atoms with van der Waals surface area (Å²) in [4.78, 5) is 11.8. The third-order valence-corrected chi connectivity index (χ3v) is 3.00. The van der Waals surface area contributed by atoms with Crippen LogP contribution in [0.1, 0.15) is 46.5 Å². The number of hydrogen-bond acceptors (Lipinski definition) is 3. The van der Waals surface area contributed by atoms with Gasteiger partial charge in [-0.25, -0.2) is 4.79 Å². The van der Waals surface area contributed by atoms with Crippen LogP contribution in [0.4, 0.5) is 4.79 Å². The number of rotatable bonds is 2. The van der Waals surface area contributed by atoms with E-state index in [2.05, 4.69) is 22.8 Å². The van der Waals surface area contributed by atoms with Crippen LogP contribution >= 0.6 is 0 Å². The minimum atomic E-state index is -0.448. The highest BCUT2D eigenvalue weighted by atomic mass is 16.6. The van der Waals surface area contributed by atoms with Crippen molar-refractivity contribution in [3.8, 4) is 0 Å². The second-order valence-corrected chi connectivity index (χ2v) is 5.79. The monoisotopic (exact) mass is 254 g/mol. The largest absolute Gasteiger partial charge is 0.444 e. The number of carbonyl (C=O) groups excluding carboxylic acids is 1. The summed E-state index contributed by atoms with van der Waals surface area (Å²) in [6.07, 6.45) is 8.20. The van der Waals surface area contributed by atoms with Gasteiger partial charge < -0.3 is 15.4 Å². The lowest BCUT2D eigenvalue weighted by Crippen LogP contribution is -2.50. The van der Waals surface area contributed by atoms with E-state index in [4.69, 9.17) is 4.74 Å². The van der Waals surface area contributed by atoms with E-state index in [0.717, 1.165) is 25.7 Å². The molecule has 1 amide bonds. The molecule has 0 aromatic carbocycles. The molecule has 2 atom stereocenters. The Hall–Kier alpha value is -1.03. The molecule has 0 spiro atoms. The molecule has 104 valence electrons. The highest BCUT2D eigenvalue weighted by molar-refractivity contribution is 5.68. The van der Waals surface area contributed by atoms with Crippen molar-refractivity contribution in [1.82, 2.24) is 10.6 Å². The average Bonchev–Trinajstić information content (AvgIpc) is 2.20. The Morgan fingerprint density at radius 2 is 2.00 bits per heavy atom. The molecule has 0 aromatic rings. The molecule has 0 aliphatic heterocycles. The lowest BCUT2D eigenvalue weighted by atomic mass is 9.96. The molecule has 1 rings (SSSR count). The van der Waals surface area contributed by atoms with Gasteiger partial charge in [0.2, 0.25) is 0 Å². The van der Waals surface area contributed by atoms with Crippen molar-refractivity contribution >= 4 is 6.09 Å². The van der Waals surface area contributed by atoms with Gasteiger partial charge in [0.25, 0.3) is 0 Å². The Morgan fingerprint density at radius 1 is 1.28 bits per heavy atom. The van der Waals surface area contributed by atoms with Crippen LogP contribution in [0, 0.1) is 0 Å². The first-order chi connectivity index (χ1) is 8.42. The van der Waals surface area contributed by atoms with Gasteiger partial charge in [-0.3, -0.25) is 0 Å². The number of carbonyl (C=O) groups is 1. The fourth-order valence-corrected chi connectivity index (χ4v) is 2.15. The fraction of sp³-hybridized carbons (Fsp3) is 0.786. The van der Waals surface area contributed by atoms with E-state index in [0.29, 0.717) is 6.04 Å². The highest BCUT2D eigenvalue weighted by Crippen LogP contribution is 2.14. The predicted octanol–water partition coefficient (Wildman–Crippen LogP) is 2.60. The summed E-state index contributed by atoms with van der Waals surface area (Å²) in [5, 5.41) is 6.26. The van der Waals surface area contributed by atoms with E-state index in [1.54, 1.807) is 0 Å². The highest BCUT2D eigenvalue weighted by Gasteiger charge is 2.24. The Balaban J connectivity index is 2.57. The molecular formula is C14H26N2O2. The zero-order valence-electron chi connectivity index (χ0n) is 12.0. The smallest absolute Gasteiger partial charge is 0.407 e. The van der Waals surface area contributed by atoms with E-state index in [-0.39, 0.29) is 12.1 Å². The Bertz CT molecular complexity index is 295.